The minimum absolute atomic E-state index is 0.0128. The van der Waals surface area contributed by atoms with Crippen molar-refractivity contribution in [2.75, 3.05) is 27.2 Å². The molecule has 3 rings (SSSR count). The van der Waals surface area contributed by atoms with E-state index in [-0.39, 0.29) is 11.6 Å². The fourth-order valence-electron chi connectivity index (χ4n) is 4.36. The van der Waals surface area contributed by atoms with E-state index in [1.165, 1.54) is 0 Å². The molecule has 0 spiro atoms. The molecule has 1 amide bonds. The van der Waals surface area contributed by atoms with Crippen molar-refractivity contribution in [1.82, 2.24) is 15.5 Å². The Morgan fingerprint density at radius 2 is 2.09 bits per heavy atom. The first-order valence-corrected chi connectivity index (χ1v) is 8.41. The molecule has 2 aliphatic rings. The maximum atomic E-state index is 12.4. The quantitative estimate of drug-likeness (QED) is 0.890. The largest absolute Gasteiger partial charge is 0.445 e. The molecule has 0 bridgehead atoms. The second kappa shape index (κ2) is 6.49. The van der Waals surface area contributed by atoms with Crippen molar-refractivity contribution in [2.24, 2.45) is 11.8 Å². The number of nitrogens with zero attached hydrogens (tertiary/aromatic N) is 1. The number of ether oxygens (including phenoxy) is 1. The van der Waals surface area contributed by atoms with Crippen LogP contribution < -0.4 is 10.6 Å². The summed E-state index contributed by atoms with van der Waals surface area (Å²) in [7, 11) is 4.04. The number of hydrogen-bond donors (Lipinski definition) is 2. The lowest BCUT2D eigenvalue weighted by Crippen LogP contribution is -2.48. The third-order valence-electron chi connectivity index (χ3n) is 5.79. The van der Waals surface area contributed by atoms with Crippen molar-refractivity contribution in [3.63, 3.8) is 0 Å². The molecule has 2 fully saturated rings. The van der Waals surface area contributed by atoms with Crippen LogP contribution in [0.4, 0.5) is 4.79 Å². The molecule has 1 aromatic carbocycles. The van der Waals surface area contributed by atoms with Crippen LogP contribution in [0.5, 0.6) is 0 Å². The molecule has 126 valence electrons. The molecule has 1 saturated carbocycles. The predicted molar refractivity (Wildman–Crippen MR) is 90.1 cm³/mol. The average molecular weight is 317 g/mol. The SMILES string of the molecule is CNC1C[C@]2(NC)CN(C(=O)OCc3ccccc3)C[C@@H]2[C@H]1C. The average Bonchev–Trinajstić information content (AvgIpc) is 3.09. The Bertz CT molecular complexity index is 550. The highest BCUT2D eigenvalue weighted by Crippen LogP contribution is 2.45. The molecule has 0 radical (unpaired) electrons. The fraction of sp³-hybridized carbons (Fsp3) is 0.611. The number of nitrogens with one attached hydrogen (secondary N) is 2. The first-order valence-electron chi connectivity index (χ1n) is 8.41. The number of amides is 1. The number of carbonyl (C=O) groups excluding carboxylic acids is 1. The normalized spacial score (nSPS) is 32.8. The number of hydrogen-bond acceptors (Lipinski definition) is 4. The first-order chi connectivity index (χ1) is 11.1. The van der Waals surface area contributed by atoms with Crippen LogP contribution in [0.3, 0.4) is 0 Å². The van der Waals surface area contributed by atoms with Gasteiger partial charge in [0, 0.05) is 30.6 Å². The fourth-order valence-corrected chi connectivity index (χ4v) is 4.36. The summed E-state index contributed by atoms with van der Waals surface area (Å²) in [6, 6.07) is 10.3. The summed E-state index contributed by atoms with van der Waals surface area (Å²) in [4.78, 5) is 14.3. The van der Waals surface area contributed by atoms with E-state index in [9.17, 15) is 4.79 Å². The van der Waals surface area contributed by atoms with Crippen molar-refractivity contribution in [2.45, 2.75) is 31.5 Å². The zero-order valence-corrected chi connectivity index (χ0v) is 14.2. The zero-order chi connectivity index (χ0) is 16.4. The van der Waals surface area contributed by atoms with Crippen LogP contribution in [0.15, 0.2) is 30.3 Å². The van der Waals surface area contributed by atoms with Crippen LogP contribution in [0.1, 0.15) is 18.9 Å². The van der Waals surface area contributed by atoms with Crippen molar-refractivity contribution in [3.05, 3.63) is 35.9 Å². The minimum Gasteiger partial charge on any atom is -0.445 e. The first kappa shape index (κ1) is 16.3. The smallest absolute Gasteiger partial charge is 0.410 e. The molecular formula is C18H27N3O2. The van der Waals surface area contributed by atoms with Crippen LogP contribution in [-0.4, -0.2) is 49.8 Å². The Morgan fingerprint density at radius 3 is 2.70 bits per heavy atom. The molecule has 5 nitrogen and oxygen atoms in total. The monoisotopic (exact) mass is 317 g/mol. The van der Waals surface area contributed by atoms with E-state index in [4.69, 9.17) is 4.74 Å². The number of likely N-dealkylation sites (N-methyl/N-ethyl adjacent to an activating group) is 1. The molecule has 1 heterocycles. The second-order valence-electron chi connectivity index (χ2n) is 6.89. The summed E-state index contributed by atoms with van der Waals surface area (Å²) >= 11 is 0. The van der Waals surface area contributed by atoms with Crippen molar-refractivity contribution < 1.29 is 9.53 Å². The lowest BCUT2D eigenvalue weighted by molar-refractivity contribution is 0.0991. The van der Waals surface area contributed by atoms with Gasteiger partial charge in [0.1, 0.15) is 6.61 Å². The molecule has 5 heteroatoms. The molecule has 4 atom stereocenters. The Labute approximate surface area is 138 Å². The van der Waals surface area contributed by atoms with Gasteiger partial charge in [-0.05, 0) is 32.0 Å². The predicted octanol–water partition coefficient (Wildman–Crippen LogP) is 1.84. The highest BCUT2D eigenvalue weighted by atomic mass is 16.6. The summed E-state index contributed by atoms with van der Waals surface area (Å²) in [6.45, 7) is 4.12. The Hall–Kier alpha value is -1.59. The summed E-state index contributed by atoms with van der Waals surface area (Å²) in [5.41, 5.74) is 1.03. The van der Waals surface area contributed by atoms with Gasteiger partial charge in [0.05, 0.1) is 0 Å². The maximum absolute atomic E-state index is 12.4. The lowest BCUT2D eigenvalue weighted by Gasteiger charge is -2.28. The van der Waals surface area contributed by atoms with E-state index in [0.29, 0.717) is 24.5 Å². The highest BCUT2D eigenvalue weighted by Gasteiger charge is 2.56. The van der Waals surface area contributed by atoms with Gasteiger partial charge in [0.15, 0.2) is 0 Å². The van der Waals surface area contributed by atoms with Gasteiger partial charge in [-0.15, -0.1) is 0 Å². The van der Waals surface area contributed by atoms with E-state index < -0.39 is 0 Å². The van der Waals surface area contributed by atoms with Gasteiger partial charge in [0.2, 0.25) is 0 Å². The second-order valence-corrected chi connectivity index (χ2v) is 6.89. The van der Waals surface area contributed by atoms with Gasteiger partial charge in [-0.25, -0.2) is 4.79 Å². The Kier molecular flexibility index (Phi) is 4.60. The Balaban J connectivity index is 1.62. The highest BCUT2D eigenvalue weighted by molar-refractivity contribution is 5.68. The van der Waals surface area contributed by atoms with Crippen molar-refractivity contribution in [3.8, 4) is 0 Å². The van der Waals surface area contributed by atoms with Crippen LogP contribution in [-0.2, 0) is 11.3 Å². The van der Waals surface area contributed by atoms with Gasteiger partial charge in [-0.3, -0.25) is 0 Å². The molecule has 0 aromatic heterocycles. The molecular weight excluding hydrogens is 290 g/mol. The maximum Gasteiger partial charge on any atom is 0.410 e. The molecule has 1 saturated heterocycles. The number of rotatable bonds is 4. The summed E-state index contributed by atoms with van der Waals surface area (Å²) in [5, 5.41) is 6.92. The van der Waals surface area contributed by atoms with E-state index in [0.717, 1.165) is 25.1 Å². The van der Waals surface area contributed by atoms with E-state index in [2.05, 4.69) is 17.6 Å². The summed E-state index contributed by atoms with van der Waals surface area (Å²) in [5.74, 6) is 1.01. The third kappa shape index (κ3) is 2.95. The standard InChI is InChI=1S/C18H27N3O2/c1-13-15-10-21(12-18(15,20-3)9-16(13)19-2)17(22)23-11-14-7-5-4-6-8-14/h4-8,13,15-16,19-20H,9-12H2,1-3H3/t13-,15-,16?,18+/m1/s1. The number of fused-ring (bicyclic) bond motifs is 1. The molecule has 23 heavy (non-hydrogen) atoms. The van der Waals surface area contributed by atoms with E-state index in [1.54, 1.807) is 0 Å². The van der Waals surface area contributed by atoms with E-state index >= 15 is 0 Å². The van der Waals surface area contributed by atoms with E-state index in [1.807, 2.05) is 49.3 Å². The van der Waals surface area contributed by atoms with Gasteiger partial charge in [-0.1, -0.05) is 37.3 Å². The third-order valence-corrected chi connectivity index (χ3v) is 5.79. The van der Waals surface area contributed by atoms with Gasteiger partial charge < -0.3 is 20.3 Å². The number of benzene rings is 1. The van der Waals surface area contributed by atoms with Gasteiger partial charge >= 0.3 is 6.09 Å². The van der Waals surface area contributed by atoms with Crippen molar-refractivity contribution in [1.29, 1.82) is 0 Å². The van der Waals surface area contributed by atoms with Crippen LogP contribution >= 0.6 is 0 Å². The lowest BCUT2D eigenvalue weighted by atomic mass is 9.87. The molecule has 1 unspecified atom stereocenters. The van der Waals surface area contributed by atoms with Crippen molar-refractivity contribution >= 4 is 6.09 Å². The van der Waals surface area contributed by atoms with Crippen LogP contribution in [0, 0.1) is 11.8 Å². The van der Waals surface area contributed by atoms with Crippen LogP contribution in [0.25, 0.3) is 0 Å². The molecule has 1 aromatic rings. The summed E-state index contributed by atoms with van der Waals surface area (Å²) in [6.07, 6.45) is 0.847. The summed E-state index contributed by atoms with van der Waals surface area (Å²) < 4.78 is 5.50. The molecule has 2 N–H and O–H groups in total. The van der Waals surface area contributed by atoms with Gasteiger partial charge in [-0.2, -0.15) is 0 Å². The zero-order valence-electron chi connectivity index (χ0n) is 14.2. The minimum atomic E-state index is -0.203. The Morgan fingerprint density at radius 1 is 1.35 bits per heavy atom. The topological polar surface area (TPSA) is 53.6 Å². The number of carbonyl (C=O) groups is 1. The van der Waals surface area contributed by atoms with Crippen LogP contribution in [0.2, 0.25) is 0 Å². The number of likely N-dealkylation sites (tertiary alicyclic amines) is 1. The molecule has 1 aliphatic heterocycles. The van der Waals surface area contributed by atoms with Gasteiger partial charge in [0.25, 0.3) is 0 Å². The molecule has 1 aliphatic carbocycles.